The highest BCUT2D eigenvalue weighted by Crippen LogP contribution is 2.40. The first-order valence-corrected chi connectivity index (χ1v) is 18.4. The maximum atomic E-state index is 7.09. The summed E-state index contributed by atoms with van der Waals surface area (Å²) >= 11 is 7.09. The second-order valence-corrected chi connectivity index (χ2v) is 13.5. The third-order valence-corrected chi connectivity index (χ3v) is 9.73. The zero-order valence-corrected chi connectivity index (χ0v) is 30.3. The van der Waals surface area contributed by atoms with Crippen LogP contribution in [0.15, 0.2) is 194 Å². The molecule has 0 aliphatic carbocycles. The van der Waals surface area contributed by atoms with Crippen LogP contribution in [0.1, 0.15) is 0 Å². The van der Waals surface area contributed by atoms with Gasteiger partial charge in [0.15, 0.2) is 23.3 Å². The Kier molecular flexibility index (Phi) is 9.27. The van der Waals surface area contributed by atoms with Gasteiger partial charge in [0.1, 0.15) is 0 Å². The molecule has 260 valence electrons. The number of aromatic nitrogens is 5. The van der Waals surface area contributed by atoms with Gasteiger partial charge in [-0.2, -0.15) is 0 Å². The van der Waals surface area contributed by atoms with Crippen molar-refractivity contribution in [1.82, 2.24) is 24.9 Å². The van der Waals surface area contributed by atoms with Gasteiger partial charge in [-0.15, -0.1) is 0 Å². The second kappa shape index (κ2) is 15.1. The Balaban J connectivity index is 1.14. The highest BCUT2D eigenvalue weighted by atomic mass is 35.5. The van der Waals surface area contributed by atoms with E-state index < -0.39 is 0 Å². The van der Waals surface area contributed by atoms with E-state index in [1.807, 2.05) is 133 Å². The molecule has 0 fully saturated rings. The fraction of sp³-hybridized carbons (Fsp3) is 0. The second-order valence-electron chi connectivity index (χ2n) is 13.1. The fourth-order valence-corrected chi connectivity index (χ4v) is 7.01. The van der Waals surface area contributed by atoms with Gasteiger partial charge in [-0.3, -0.25) is 0 Å². The van der Waals surface area contributed by atoms with E-state index in [0.717, 1.165) is 67.0 Å². The smallest absolute Gasteiger partial charge is 0.164 e. The van der Waals surface area contributed by atoms with E-state index in [9.17, 15) is 0 Å². The van der Waals surface area contributed by atoms with E-state index in [4.69, 9.17) is 36.5 Å². The van der Waals surface area contributed by atoms with Crippen molar-refractivity contribution in [3.63, 3.8) is 0 Å². The molecule has 6 heteroatoms. The molecule has 0 bridgehead atoms. The van der Waals surface area contributed by atoms with Gasteiger partial charge in [-0.25, -0.2) is 24.9 Å². The zero-order valence-electron chi connectivity index (χ0n) is 29.6. The predicted molar refractivity (Wildman–Crippen MR) is 224 cm³/mol. The van der Waals surface area contributed by atoms with Gasteiger partial charge in [0.2, 0.25) is 0 Å². The van der Waals surface area contributed by atoms with Crippen LogP contribution < -0.4 is 0 Å². The topological polar surface area (TPSA) is 64.5 Å². The molecule has 5 nitrogen and oxygen atoms in total. The molecule has 0 N–H and O–H groups in total. The third-order valence-electron chi connectivity index (χ3n) is 9.42. The molecular weight excluding hydrogens is 694 g/mol. The van der Waals surface area contributed by atoms with Crippen LogP contribution in [0.4, 0.5) is 0 Å². The lowest BCUT2D eigenvalue weighted by molar-refractivity contribution is 1.07. The summed E-state index contributed by atoms with van der Waals surface area (Å²) in [4.78, 5) is 24.9. The van der Waals surface area contributed by atoms with Crippen LogP contribution >= 0.6 is 11.6 Å². The molecule has 0 saturated carbocycles. The Hall–Kier alpha value is -7.08. The molecule has 9 aromatic rings. The Labute approximate surface area is 324 Å². The lowest BCUT2D eigenvalue weighted by atomic mass is 9.92. The van der Waals surface area contributed by atoms with Gasteiger partial charge < -0.3 is 0 Å². The lowest BCUT2D eigenvalue weighted by Crippen LogP contribution is -2.00. The summed E-state index contributed by atoms with van der Waals surface area (Å²) in [5.41, 5.74) is 11.2. The summed E-state index contributed by atoms with van der Waals surface area (Å²) in [5.74, 6) is 2.48. The summed E-state index contributed by atoms with van der Waals surface area (Å²) in [5, 5.41) is 0.644. The van der Waals surface area contributed by atoms with Crippen LogP contribution in [0.3, 0.4) is 0 Å². The molecule has 2 heterocycles. The SMILES string of the molecule is Clc1cccc(-c2cccc(-c3cc(-c4ccccc4)nc(-c4ccccc4)n3)c2)c1-c1cccc(-c2nc(-c3ccccc3)nc(-c3ccccc3)n2)c1. The molecular formula is C49H32ClN5. The van der Waals surface area contributed by atoms with Crippen molar-refractivity contribution in [2.75, 3.05) is 0 Å². The highest BCUT2D eigenvalue weighted by Gasteiger charge is 2.17. The summed E-state index contributed by atoms with van der Waals surface area (Å²) in [6.07, 6.45) is 0. The molecule has 0 atom stereocenters. The molecule has 0 unspecified atom stereocenters. The van der Waals surface area contributed by atoms with Gasteiger partial charge >= 0.3 is 0 Å². The van der Waals surface area contributed by atoms with Crippen LogP contribution in [0.5, 0.6) is 0 Å². The summed E-state index contributed by atoms with van der Waals surface area (Å²) in [6, 6.07) is 65.1. The number of benzene rings is 7. The first-order valence-electron chi connectivity index (χ1n) is 18.0. The number of hydrogen-bond acceptors (Lipinski definition) is 5. The molecule has 0 radical (unpaired) electrons. The minimum atomic E-state index is 0.581. The molecule has 7 aromatic carbocycles. The quantitative estimate of drug-likeness (QED) is 0.156. The van der Waals surface area contributed by atoms with Gasteiger partial charge in [0.05, 0.1) is 11.4 Å². The molecule has 2 aromatic heterocycles. The molecule has 9 rings (SSSR count). The molecule has 0 aliphatic heterocycles. The van der Waals surface area contributed by atoms with Crippen LogP contribution in [0.2, 0.25) is 5.02 Å². The van der Waals surface area contributed by atoms with E-state index in [0.29, 0.717) is 28.3 Å². The van der Waals surface area contributed by atoms with Crippen molar-refractivity contribution in [3.05, 3.63) is 199 Å². The summed E-state index contributed by atoms with van der Waals surface area (Å²) in [7, 11) is 0. The number of halogens is 1. The first-order chi connectivity index (χ1) is 27.2. The summed E-state index contributed by atoms with van der Waals surface area (Å²) < 4.78 is 0. The highest BCUT2D eigenvalue weighted by molar-refractivity contribution is 6.34. The maximum absolute atomic E-state index is 7.09. The molecule has 0 aliphatic rings. The minimum Gasteiger partial charge on any atom is -0.228 e. The number of rotatable bonds is 8. The van der Waals surface area contributed by atoms with E-state index >= 15 is 0 Å². The molecule has 55 heavy (non-hydrogen) atoms. The molecule has 0 spiro atoms. The summed E-state index contributed by atoms with van der Waals surface area (Å²) in [6.45, 7) is 0. The largest absolute Gasteiger partial charge is 0.228 e. The van der Waals surface area contributed by atoms with E-state index in [-0.39, 0.29) is 0 Å². The van der Waals surface area contributed by atoms with Crippen LogP contribution in [-0.4, -0.2) is 24.9 Å². The van der Waals surface area contributed by atoms with Crippen LogP contribution in [-0.2, 0) is 0 Å². The van der Waals surface area contributed by atoms with Crippen molar-refractivity contribution in [3.8, 4) is 90.3 Å². The number of hydrogen-bond donors (Lipinski definition) is 0. The third kappa shape index (κ3) is 7.17. The van der Waals surface area contributed by atoms with Crippen molar-refractivity contribution < 1.29 is 0 Å². The van der Waals surface area contributed by atoms with Gasteiger partial charge in [0.25, 0.3) is 0 Å². The molecule has 0 amide bonds. The standard InChI is InChI=1S/C49H32ClN5/c50-42-29-15-28-41(37-24-13-25-38(30-37)44-32-43(33-16-5-1-6-17-33)51-46(52-44)34-18-7-2-8-19-34)45(42)39-26-14-27-40(31-39)49-54-47(35-20-9-3-10-21-35)53-48(55-49)36-22-11-4-12-23-36/h1-32H. The van der Waals surface area contributed by atoms with E-state index in [2.05, 4.69) is 60.7 Å². The predicted octanol–water partition coefficient (Wildman–Crippen LogP) is 12.7. The molecule has 0 saturated heterocycles. The average molecular weight is 726 g/mol. The first kappa shape index (κ1) is 33.7. The number of nitrogens with zero attached hydrogens (tertiary/aromatic N) is 5. The lowest BCUT2D eigenvalue weighted by Gasteiger charge is -2.15. The monoisotopic (exact) mass is 725 g/mol. The minimum absolute atomic E-state index is 0.581. The van der Waals surface area contributed by atoms with Crippen LogP contribution in [0.25, 0.3) is 90.3 Å². The van der Waals surface area contributed by atoms with Crippen LogP contribution in [0, 0.1) is 0 Å². The van der Waals surface area contributed by atoms with Crippen molar-refractivity contribution in [2.45, 2.75) is 0 Å². The van der Waals surface area contributed by atoms with Gasteiger partial charge in [-0.05, 0) is 41.0 Å². The average Bonchev–Trinajstić information content (AvgIpc) is 3.27. The van der Waals surface area contributed by atoms with E-state index in [1.165, 1.54) is 0 Å². The Morgan fingerprint density at radius 3 is 1.22 bits per heavy atom. The Morgan fingerprint density at radius 2 is 0.655 bits per heavy atom. The fourth-order valence-electron chi connectivity index (χ4n) is 6.72. The Bertz CT molecular complexity index is 2640. The maximum Gasteiger partial charge on any atom is 0.164 e. The van der Waals surface area contributed by atoms with Gasteiger partial charge in [-0.1, -0.05) is 181 Å². The normalized spacial score (nSPS) is 11.0. The zero-order chi connectivity index (χ0) is 37.0. The van der Waals surface area contributed by atoms with Crippen molar-refractivity contribution in [2.24, 2.45) is 0 Å². The van der Waals surface area contributed by atoms with E-state index in [1.54, 1.807) is 0 Å². The van der Waals surface area contributed by atoms with Crippen molar-refractivity contribution >= 4 is 11.6 Å². The Morgan fingerprint density at radius 1 is 0.273 bits per heavy atom. The van der Waals surface area contributed by atoms with Crippen molar-refractivity contribution in [1.29, 1.82) is 0 Å². The van der Waals surface area contributed by atoms with Gasteiger partial charge in [0, 0.05) is 44.0 Å².